The molecule has 4 heterocycles. The average Bonchev–Trinajstić information content (AvgIpc) is 3.41. The first-order valence-electron chi connectivity index (χ1n) is 14.9. The van der Waals surface area contributed by atoms with Gasteiger partial charge in [0.1, 0.15) is 19.2 Å². The number of hydrogen-bond acceptors (Lipinski definition) is 4. The molecule has 1 aromatic heterocycles. The molecule has 2 bridgehead atoms. The number of oxazole rings is 1. The highest BCUT2D eigenvalue weighted by molar-refractivity contribution is 5.29. The predicted octanol–water partition coefficient (Wildman–Crippen LogP) is 5.96. The van der Waals surface area contributed by atoms with Crippen LogP contribution in [-0.2, 0) is 23.5 Å². The lowest BCUT2D eigenvalue weighted by atomic mass is 9.74. The first kappa shape index (κ1) is 25.8. The maximum Gasteiger partial charge on any atom is 0.188 e. The Morgan fingerprint density at radius 1 is 0.868 bits per heavy atom. The largest absolute Gasteiger partial charge is 0.839 e. The summed E-state index contributed by atoms with van der Waals surface area (Å²) in [5.74, 6) is 1.87. The number of ether oxygens (including phenoxy) is 1. The number of benzene rings is 2. The van der Waals surface area contributed by atoms with E-state index in [2.05, 4.69) is 30.3 Å². The van der Waals surface area contributed by atoms with Crippen LogP contribution in [0.2, 0.25) is 0 Å². The Kier molecular flexibility index (Phi) is 7.69. The van der Waals surface area contributed by atoms with Crippen molar-refractivity contribution in [2.75, 3.05) is 19.6 Å². The highest BCUT2D eigenvalue weighted by atomic mass is 16.5. The summed E-state index contributed by atoms with van der Waals surface area (Å²) >= 11 is 0. The third-order valence-electron chi connectivity index (χ3n) is 9.59. The van der Waals surface area contributed by atoms with E-state index in [9.17, 15) is 5.11 Å². The third-order valence-corrected chi connectivity index (χ3v) is 9.59. The van der Waals surface area contributed by atoms with E-state index >= 15 is 0 Å². The lowest BCUT2D eigenvalue weighted by Gasteiger charge is -2.52. The maximum absolute atomic E-state index is 14.9. The first-order chi connectivity index (χ1) is 18.6. The predicted molar refractivity (Wildman–Crippen MR) is 146 cm³/mol. The molecule has 3 aliphatic heterocycles. The summed E-state index contributed by atoms with van der Waals surface area (Å²) in [7, 11) is 0. The molecule has 1 aliphatic carbocycles. The fourth-order valence-electron chi connectivity index (χ4n) is 7.37. The number of rotatable bonds is 8. The summed E-state index contributed by atoms with van der Waals surface area (Å²) in [6.07, 6.45) is 12.3. The van der Waals surface area contributed by atoms with E-state index in [-0.39, 0.29) is 12.0 Å². The number of hydrogen-bond donors (Lipinski definition) is 0. The van der Waals surface area contributed by atoms with E-state index in [1.165, 1.54) is 37.7 Å². The average molecular weight is 515 g/mol. The number of fused-ring (bicyclic) bond motifs is 3. The van der Waals surface area contributed by atoms with Gasteiger partial charge in [0, 0.05) is 18.8 Å². The molecule has 5 nitrogen and oxygen atoms in total. The Morgan fingerprint density at radius 3 is 2.24 bits per heavy atom. The molecule has 0 N–H and O–H groups in total. The normalized spacial score (nSPS) is 27.9. The van der Waals surface area contributed by atoms with E-state index in [1.807, 2.05) is 36.5 Å². The summed E-state index contributed by atoms with van der Waals surface area (Å²) in [6, 6.07) is 20.4. The standard InChI is InChI=1S/C33H42N2O3/c36-33(29-16-10-5-11-17-29,28-14-8-2-1-3-9-15-28)32-34-22-30(38-32)23-35-20-18-27(19-21-35)31(24-35)37-25-26-12-6-4-7-13-26/h4-7,10-13,16-17,22,27-28,31H,1-3,8-9,14-15,18-21,23-25H2/t27?,31?,33-,35?/m1/s1. The Bertz CT molecular complexity index is 1150. The molecule has 7 rings (SSSR count). The van der Waals surface area contributed by atoms with Gasteiger partial charge in [-0.25, -0.2) is 4.98 Å². The van der Waals surface area contributed by atoms with Gasteiger partial charge in [0.25, 0.3) is 0 Å². The van der Waals surface area contributed by atoms with Gasteiger partial charge in [-0.1, -0.05) is 106 Å². The fourth-order valence-corrected chi connectivity index (χ4v) is 7.37. The molecule has 1 saturated carbocycles. The van der Waals surface area contributed by atoms with Gasteiger partial charge in [-0.2, -0.15) is 0 Å². The zero-order valence-electron chi connectivity index (χ0n) is 22.6. The summed E-state index contributed by atoms with van der Waals surface area (Å²) in [5.41, 5.74) is 0.587. The van der Waals surface area contributed by atoms with Crippen LogP contribution in [0.3, 0.4) is 0 Å². The molecule has 2 aromatic carbocycles. The number of piperidine rings is 3. The van der Waals surface area contributed by atoms with Crippen LogP contribution < -0.4 is 5.11 Å². The number of quaternary nitrogens is 1. The van der Waals surface area contributed by atoms with Gasteiger partial charge in [0.05, 0.1) is 25.9 Å². The van der Waals surface area contributed by atoms with Crippen LogP contribution in [0, 0.1) is 11.8 Å². The SMILES string of the molecule is [O-][C@](c1ccccc1)(c1ncc(C[N+]23CCC(CC2)C(OCc2ccccc2)C3)o1)C1CCCCCCC1. The van der Waals surface area contributed by atoms with E-state index in [0.29, 0.717) is 18.4 Å². The lowest BCUT2D eigenvalue weighted by molar-refractivity contribution is -0.959. The van der Waals surface area contributed by atoms with Crippen molar-refractivity contribution in [3.05, 3.63) is 89.6 Å². The summed E-state index contributed by atoms with van der Waals surface area (Å²) in [5, 5.41) is 14.9. The van der Waals surface area contributed by atoms with Crippen molar-refractivity contribution < 1.29 is 18.7 Å². The van der Waals surface area contributed by atoms with Gasteiger partial charge in [-0.05, 0) is 22.6 Å². The quantitative estimate of drug-likeness (QED) is 0.348. The molecule has 3 saturated heterocycles. The molecule has 202 valence electrons. The summed E-state index contributed by atoms with van der Waals surface area (Å²) in [6.45, 7) is 4.77. The fraction of sp³-hybridized carbons (Fsp3) is 0.545. The molecule has 3 aromatic rings. The molecule has 4 aliphatic rings. The Morgan fingerprint density at radius 2 is 1.53 bits per heavy atom. The van der Waals surface area contributed by atoms with Crippen molar-refractivity contribution in [1.82, 2.24) is 4.98 Å². The number of aromatic nitrogens is 1. The second kappa shape index (κ2) is 11.3. The van der Waals surface area contributed by atoms with Crippen LogP contribution in [0.4, 0.5) is 0 Å². The first-order valence-corrected chi connectivity index (χ1v) is 14.9. The molecular formula is C33H42N2O3. The van der Waals surface area contributed by atoms with Gasteiger partial charge < -0.3 is 18.7 Å². The van der Waals surface area contributed by atoms with Crippen molar-refractivity contribution in [2.24, 2.45) is 11.8 Å². The third kappa shape index (κ3) is 5.34. The van der Waals surface area contributed by atoms with Crippen LogP contribution in [-0.4, -0.2) is 35.2 Å². The molecule has 0 spiro atoms. The Labute approximate surface area is 227 Å². The highest BCUT2D eigenvalue weighted by Gasteiger charge is 2.47. The maximum atomic E-state index is 14.9. The molecular weight excluding hydrogens is 472 g/mol. The van der Waals surface area contributed by atoms with E-state index < -0.39 is 5.60 Å². The Hall–Kier alpha value is -2.47. The van der Waals surface area contributed by atoms with Crippen molar-refractivity contribution in [2.45, 2.75) is 82.6 Å². The molecule has 0 radical (unpaired) electrons. The molecule has 0 amide bonds. The number of nitrogens with zero attached hydrogens (tertiary/aromatic N) is 2. The van der Waals surface area contributed by atoms with Gasteiger partial charge >= 0.3 is 0 Å². The summed E-state index contributed by atoms with van der Waals surface area (Å²) < 4.78 is 13.9. The van der Waals surface area contributed by atoms with Crippen molar-refractivity contribution in [3.8, 4) is 0 Å². The van der Waals surface area contributed by atoms with Gasteiger partial charge in [0.2, 0.25) is 0 Å². The van der Waals surface area contributed by atoms with Crippen LogP contribution >= 0.6 is 0 Å². The smallest absolute Gasteiger partial charge is 0.188 e. The monoisotopic (exact) mass is 514 g/mol. The van der Waals surface area contributed by atoms with E-state index in [0.717, 1.165) is 67.7 Å². The van der Waals surface area contributed by atoms with E-state index in [4.69, 9.17) is 14.1 Å². The van der Waals surface area contributed by atoms with Crippen LogP contribution in [0.15, 0.2) is 71.3 Å². The molecule has 2 atom stereocenters. The molecule has 4 fully saturated rings. The minimum absolute atomic E-state index is 0.00485. The van der Waals surface area contributed by atoms with Crippen molar-refractivity contribution in [1.29, 1.82) is 0 Å². The molecule has 38 heavy (non-hydrogen) atoms. The second-order valence-corrected chi connectivity index (χ2v) is 12.1. The molecule has 1 unspecified atom stereocenters. The lowest BCUT2D eigenvalue weighted by Crippen LogP contribution is -2.63. The van der Waals surface area contributed by atoms with Crippen LogP contribution in [0.5, 0.6) is 0 Å². The summed E-state index contributed by atoms with van der Waals surface area (Å²) in [4.78, 5) is 4.71. The topological polar surface area (TPSA) is 58.3 Å². The molecule has 5 heteroatoms. The zero-order chi connectivity index (χ0) is 25.8. The van der Waals surface area contributed by atoms with Crippen LogP contribution in [0.25, 0.3) is 0 Å². The van der Waals surface area contributed by atoms with Crippen LogP contribution in [0.1, 0.15) is 80.6 Å². The van der Waals surface area contributed by atoms with Gasteiger partial charge in [0.15, 0.2) is 11.7 Å². The van der Waals surface area contributed by atoms with Gasteiger partial charge in [-0.15, -0.1) is 0 Å². The Balaban J connectivity index is 1.21. The van der Waals surface area contributed by atoms with Crippen molar-refractivity contribution >= 4 is 0 Å². The zero-order valence-corrected chi connectivity index (χ0v) is 22.6. The minimum Gasteiger partial charge on any atom is -0.839 e. The minimum atomic E-state index is -1.44. The second-order valence-electron chi connectivity index (χ2n) is 12.1. The van der Waals surface area contributed by atoms with Gasteiger partial charge in [-0.3, -0.25) is 0 Å². The van der Waals surface area contributed by atoms with Crippen molar-refractivity contribution in [3.63, 3.8) is 0 Å². The van der Waals surface area contributed by atoms with E-state index in [1.54, 1.807) is 0 Å². The highest BCUT2D eigenvalue weighted by Crippen LogP contribution is 2.42.